The van der Waals surface area contributed by atoms with Crippen molar-refractivity contribution in [2.75, 3.05) is 0 Å². The van der Waals surface area contributed by atoms with E-state index in [0.717, 1.165) is 15.6 Å². The largest absolute Gasteiger partial charge is 0.336 e. The number of benzene rings is 1. The Kier molecular flexibility index (Phi) is 4.37. The van der Waals surface area contributed by atoms with Crippen molar-refractivity contribution in [1.82, 2.24) is 10.6 Å². The summed E-state index contributed by atoms with van der Waals surface area (Å²) in [5, 5.41) is 9.41. The fourth-order valence-electron chi connectivity index (χ4n) is 2.47. The van der Waals surface area contributed by atoms with Crippen molar-refractivity contribution >= 4 is 45.2 Å². The molecule has 2 heterocycles. The van der Waals surface area contributed by atoms with Crippen molar-refractivity contribution in [1.29, 1.82) is 0 Å². The Morgan fingerprint density at radius 3 is 2.61 bits per heavy atom. The molecule has 1 unspecified atom stereocenters. The standard InChI is InChI=1S/C17H15BrN2O2S/c1-17(8-11-5-3-2-4-6-11)16(22)19-14(15(21)20-17)7-12-9-23-10-13(12)18/h2-7,9-10H,8H2,1H3,(H,19,22)(H,20,21). The lowest BCUT2D eigenvalue weighted by molar-refractivity contribution is -0.135. The lowest BCUT2D eigenvalue weighted by Crippen LogP contribution is -2.64. The van der Waals surface area contributed by atoms with Gasteiger partial charge in [-0.15, -0.1) is 0 Å². The van der Waals surface area contributed by atoms with Crippen LogP contribution in [0.2, 0.25) is 0 Å². The third-order valence-electron chi connectivity index (χ3n) is 3.73. The Balaban J connectivity index is 1.82. The maximum atomic E-state index is 12.5. The summed E-state index contributed by atoms with van der Waals surface area (Å²) in [4.78, 5) is 24.9. The molecule has 1 aromatic heterocycles. The molecule has 1 aromatic carbocycles. The Hall–Kier alpha value is -1.92. The molecular weight excluding hydrogens is 376 g/mol. The average molecular weight is 391 g/mol. The molecular formula is C17H15BrN2O2S. The summed E-state index contributed by atoms with van der Waals surface area (Å²) in [5.74, 6) is -0.486. The van der Waals surface area contributed by atoms with Gasteiger partial charge in [0.2, 0.25) is 5.91 Å². The van der Waals surface area contributed by atoms with E-state index in [1.54, 1.807) is 13.0 Å². The molecule has 0 saturated carbocycles. The fourth-order valence-corrected chi connectivity index (χ4v) is 3.84. The number of hydrogen-bond donors (Lipinski definition) is 2. The maximum Gasteiger partial charge on any atom is 0.268 e. The van der Waals surface area contributed by atoms with Gasteiger partial charge in [-0.3, -0.25) is 9.59 Å². The molecule has 3 rings (SSSR count). The maximum absolute atomic E-state index is 12.5. The van der Waals surface area contributed by atoms with Gasteiger partial charge in [0.05, 0.1) is 0 Å². The van der Waals surface area contributed by atoms with Crippen LogP contribution in [-0.2, 0) is 16.0 Å². The Morgan fingerprint density at radius 1 is 1.22 bits per heavy atom. The molecule has 6 heteroatoms. The summed E-state index contributed by atoms with van der Waals surface area (Å²) in [6.07, 6.45) is 2.12. The third kappa shape index (κ3) is 3.38. The summed E-state index contributed by atoms with van der Waals surface area (Å²) >= 11 is 4.94. The summed E-state index contributed by atoms with van der Waals surface area (Å²) < 4.78 is 0.898. The van der Waals surface area contributed by atoms with E-state index in [0.29, 0.717) is 6.42 Å². The highest BCUT2D eigenvalue weighted by Gasteiger charge is 2.40. The first-order chi connectivity index (χ1) is 11.0. The van der Waals surface area contributed by atoms with Gasteiger partial charge in [-0.1, -0.05) is 30.3 Å². The van der Waals surface area contributed by atoms with E-state index in [1.807, 2.05) is 41.1 Å². The van der Waals surface area contributed by atoms with Gasteiger partial charge in [0.1, 0.15) is 11.2 Å². The van der Waals surface area contributed by atoms with Crippen LogP contribution in [0.25, 0.3) is 6.08 Å². The lowest BCUT2D eigenvalue weighted by Gasteiger charge is -2.34. The summed E-state index contributed by atoms with van der Waals surface area (Å²) in [5.41, 5.74) is 1.17. The van der Waals surface area contributed by atoms with Crippen molar-refractivity contribution in [2.24, 2.45) is 0 Å². The topological polar surface area (TPSA) is 58.2 Å². The van der Waals surface area contributed by atoms with Crippen molar-refractivity contribution in [3.8, 4) is 0 Å². The monoisotopic (exact) mass is 390 g/mol. The van der Waals surface area contributed by atoms with Crippen LogP contribution in [0.15, 0.2) is 51.3 Å². The number of amides is 2. The summed E-state index contributed by atoms with van der Waals surface area (Å²) in [6.45, 7) is 1.74. The van der Waals surface area contributed by atoms with E-state index in [1.165, 1.54) is 11.3 Å². The number of piperazine rings is 1. The lowest BCUT2D eigenvalue weighted by atomic mass is 9.89. The van der Waals surface area contributed by atoms with Gasteiger partial charge in [0.15, 0.2) is 0 Å². The molecule has 1 fully saturated rings. The quantitative estimate of drug-likeness (QED) is 0.791. The first kappa shape index (κ1) is 16.0. The first-order valence-corrected chi connectivity index (χ1v) is 8.83. The molecule has 0 radical (unpaired) electrons. The van der Waals surface area contributed by atoms with E-state index in [-0.39, 0.29) is 17.5 Å². The molecule has 2 amide bonds. The van der Waals surface area contributed by atoms with Gasteiger partial charge >= 0.3 is 0 Å². The number of nitrogens with one attached hydrogen (secondary N) is 2. The van der Waals surface area contributed by atoms with Crippen LogP contribution in [0, 0.1) is 0 Å². The van der Waals surface area contributed by atoms with Crippen LogP contribution >= 0.6 is 27.3 Å². The van der Waals surface area contributed by atoms with Crippen molar-refractivity contribution < 1.29 is 9.59 Å². The number of carbonyl (C=O) groups excluding carboxylic acids is 2. The van der Waals surface area contributed by atoms with Crippen molar-refractivity contribution in [3.63, 3.8) is 0 Å². The summed E-state index contributed by atoms with van der Waals surface area (Å²) in [6, 6.07) is 9.64. The number of carbonyl (C=O) groups is 2. The van der Waals surface area contributed by atoms with Gasteiger partial charge in [-0.2, -0.15) is 11.3 Å². The predicted molar refractivity (Wildman–Crippen MR) is 94.8 cm³/mol. The molecule has 1 atom stereocenters. The molecule has 0 aliphatic carbocycles. The van der Waals surface area contributed by atoms with Crippen LogP contribution in [0.1, 0.15) is 18.1 Å². The molecule has 0 bridgehead atoms. The minimum absolute atomic E-state index is 0.210. The smallest absolute Gasteiger partial charge is 0.268 e. The molecule has 2 aromatic rings. The number of rotatable bonds is 3. The predicted octanol–water partition coefficient (Wildman–Crippen LogP) is 3.10. The highest BCUT2D eigenvalue weighted by atomic mass is 79.9. The van der Waals surface area contributed by atoms with Crippen LogP contribution in [0.3, 0.4) is 0 Å². The minimum Gasteiger partial charge on any atom is -0.336 e. The molecule has 118 valence electrons. The van der Waals surface area contributed by atoms with Crippen LogP contribution in [0.4, 0.5) is 0 Å². The van der Waals surface area contributed by atoms with E-state index in [9.17, 15) is 9.59 Å². The van der Waals surface area contributed by atoms with E-state index in [4.69, 9.17) is 0 Å². The highest BCUT2D eigenvalue weighted by Crippen LogP contribution is 2.25. The van der Waals surface area contributed by atoms with Gasteiger partial charge in [0, 0.05) is 21.8 Å². The summed E-state index contributed by atoms with van der Waals surface area (Å²) in [7, 11) is 0. The van der Waals surface area contributed by atoms with Crippen LogP contribution in [-0.4, -0.2) is 17.4 Å². The Bertz CT molecular complexity index is 785. The van der Waals surface area contributed by atoms with Gasteiger partial charge < -0.3 is 10.6 Å². The van der Waals surface area contributed by atoms with Crippen molar-refractivity contribution in [3.05, 3.63) is 62.4 Å². The zero-order valence-electron chi connectivity index (χ0n) is 12.4. The molecule has 1 aliphatic rings. The zero-order valence-corrected chi connectivity index (χ0v) is 14.8. The first-order valence-electron chi connectivity index (χ1n) is 7.09. The van der Waals surface area contributed by atoms with Gasteiger partial charge in [-0.25, -0.2) is 0 Å². The molecule has 1 aliphatic heterocycles. The zero-order chi connectivity index (χ0) is 16.4. The molecule has 1 saturated heterocycles. The average Bonchev–Trinajstić information content (AvgIpc) is 2.91. The molecule has 0 spiro atoms. The highest BCUT2D eigenvalue weighted by molar-refractivity contribution is 9.10. The number of halogens is 1. The second-order valence-electron chi connectivity index (χ2n) is 5.64. The van der Waals surface area contributed by atoms with Gasteiger partial charge in [0.25, 0.3) is 5.91 Å². The number of hydrogen-bond acceptors (Lipinski definition) is 3. The minimum atomic E-state index is -0.957. The molecule has 4 nitrogen and oxygen atoms in total. The van der Waals surface area contributed by atoms with E-state index in [2.05, 4.69) is 26.6 Å². The Labute approximate surface area is 146 Å². The molecule has 2 N–H and O–H groups in total. The van der Waals surface area contributed by atoms with Crippen molar-refractivity contribution in [2.45, 2.75) is 18.9 Å². The van der Waals surface area contributed by atoms with E-state index < -0.39 is 5.54 Å². The number of thiophene rings is 1. The van der Waals surface area contributed by atoms with E-state index >= 15 is 0 Å². The third-order valence-corrected chi connectivity index (χ3v) is 5.48. The normalized spacial score (nSPS) is 22.8. The van der Waals surface area contributed by atoms with Crippen LogP contribution in [0.5, 0.6) is 0 Å². The fraction of sp³-hybridized carbons (Fsp3) is 0.176. The SMILES string of the molecule is CC1(Cc2ccccc2)NC(=O)C(=Cc2cscc2Br)NC1=O. The van der Waals surface area contributed by atoms with Gasteiger partial charge in [-0.05, 0) is 39.9 Å². The second-order valence-corrected chi connectivity index (χ2v) is 7.23. The Morgan fingerprint density at radius 2 is 1.96 bits per heavy atom. The van der Waals surface area contributed by atoms with Crippen LogP contribution < -0.4 is 10.6 Å². The molecule has 23 heavy (non-hydrogen) atoms. The second kappa shape index (κ2) is 6.29.